The Bertz CT molecular complexity index is 1280. The molecule has 3 aromatic carbocycles. The number of fused-ring (bicyclic) bond motifs is 1. The van der Waals surface area contributed by atoms with Crippen LogP contribution in [-0.4, -0.2) is 21.7 Å². The van der Waals surface area contributed by atoms with E-state index in [-0.39, 0.29) is 29.7 Å². The van der Waals surface area contributed by atoms with Crippen LogP contribution >= 0.6 is 0 Å². The number of nitrogens with two attached hydrogens (primary N) is 1. The summed E-state index contributed by atoms with van der Waals surface area (Å²) in [4.78, 5) is 15.0. The van der Waals surface area contributed by atoms with E-state index in [2.05, 4.69) is 11.2 Å². The molecule has 0 spiro atoms. The molecule has 0 unspecified atom stereocenters. The van der Waals surface area contributed by atoms with Gasteiger partial charge in [-0.3, -0.25) is 4.79 Å². The summed E-state index contributed by atoms with van der Waals surface area (Å²) in [5.41, 5.74) is 11.1. The third-order valence-electron chi connectivity index (χ3n) is 6.13. The second kappa shape index (κ2) is 7.32. The smallest absolute Gasteiger partial charge is 0.232 e. The Kier molecular flexibility index (Phi) is 4.59. The van der Waals surface area contributed by atoms with Crippen LogP contribution in [0.1, 0.15) is 24.1 Å². The number of carbonyl (C=O) groups excluding carboxylic acids is 1. The third-order valence-corrected chi connectivity index (χ3v) is 6.13. The highest BCUT2D eigenvalue weighted by atomic mass is 19.1. The number of hydrogen-bond donors (Lipinski definition) is 1. The number of hydrogen-bond acceptors (Lipinski definition) is 3. The van der Waals surface area contributed by atoms with E-state index >= 15 is 0 Å². The quantitative estimate of drug-likeness (QED) is 0.536. The lowest BCUT2D eigenvalue weighted by molar-refractivity contribution is -0.120. The Hall–Kier alpha value is -3.51. The lowest BCUT2D eigenvalue weighted by Gasteiger charge is -2.27. The average molecular weight is 414 g/mol. The summed E-state index contributed by atoms with van der Waals surface area (Å²) in [7, 11) is 0. The van der Waals surface area contributed by atoms with Gasteiger partial charge in [0.1, 0.15) is 5.82 Å². The van der Waals surface area contributed by atoms with E-state index in [4.69, 9.17) is 5.73 Å². The van der Waals surface area contributed by atoms with Gasteiger partial charge in [-0.1, -0.05) is 36.8 Å². The summed E-state index contributed by atoms with van der Waals surface area (Å²) in [5.74, 6) is -0.546. The summed E-state index contributed by atoms with van der Waals surface area (Å²) in [6, 6.07) is 19.7. The molecule has 1 amide bonds. The Morgan fingerprint density at radius 1 is 1.00 bits per heavy atom. The molecule has 1 saturated heterocycles. The monoisotopic (exact) mass is 414 g/mol. The summed E-state index contributed by atoms with van der Waals surface area (Å²) in [6.45, 7) is 3.93. The molecule has 1 aliphatic rings. The van der Waals surface area contributed by atoms with Gasteiger partial charge in [0.05, 0.1) is 29.4 Å². The van der Waals surface area contributed by atoms with Crippen molar-refractivity contribution in [2.75, 3.05) is 4.90 Å². The van der Waals surface area contributed by atoms with Crippen molar-refractivity contribution in [3.63, 3.8) is 0 Å². The predicted octanol–water partition coefficient (Wildman–Crippen LogP) is 4.52. The third kappa shape index (κ3) is 3.20. The zero-order valence-electron chi connectivity index (χ0n) is 17.4. The molecule has 31 heavy (non-hydrogen) atoms. The van der Waals surface area contributed by atoms with Crippen LogP contribution < -0.4 is 10.6 Å². The molecule has 0 bridgehead atoms. The van der Waals surface area contributed by atoms with Gasteiger partial charge in [-0.05, 0) is 55.0 Å². The number of aromatic nitrogens is 2. The highest BCUT2D eigenvalue weighted by Crippen LogP contribution is 2.40. The van der Waals surface area contributed by atoms with Crippen molar-refractivity contribution in [1.82, 2.24) is 9.78 Å². The lowest BCUT2D eigenvalue weighted by Crippen LogP contribution is -2.33. The van der Waals surface area contributed by atoms with Crippen molar-refractivity contribution >= 4 is 22.5 Å². The van der Waals surface area contributed by atoms with E-state index in [1.165, 1.54) is 12.1 Å². The zero-order valence-corrected chi connectivity index (χ0v) is 17.4. The topological polar surface area (TPSA) is 64.2 Å². The zero-order chi connectivity index (χ0) is 21.7. The van der Waals surface area contributed by atoms with Crippen molar-refractivity contribution in [1.29, 1.82) is 0 Å². The number of anilines is 1. The van der Waals surface area contributed by atoms with E-state index in [1.807, 2.05) is 55.1 Å². The maximum atomic E-state index is 13.3. The van der Waals surface area contributed by atoms with E-state index in [1.54, 1.807) is 23.0 Å². The van der Waals surface area contributed by atoms with Crippen LogP contribution in [-0.2, 0) is 4.79 Å². The second-order valence-electron chi connectivity index (χ2n) is 8.21. The molecular weight excluding hydrogens is 391 g/mol. The first-order chi connectivity index (χ1) is 14.9. The number of benzene rings is 3. The maximum Gasteiger partial charge on any atom is 0.232 e. The Morgan fingerprint density at radius 3 is 2.48 bits per heavy atom. The molecule has 156 valence electrons. The largest absolute Gasteiger partial charge is 0.325 e. The molecule has 1 fully saturated rings. The average Bonchev–Trinajstić information content (AvgIpc) is 3.28. The van der Waals surface area contributed by atoms with Gasteiger partial charge in [-0.2, -0.15) is 5.10 Å². The number of nitrogens with zero attached hydrogens (tertiary/aromatic N) is 3. The first-order valence-electron chi connectivity index (χ1n) is 10.3. The van der Waals surface area contributed by atoms with Crippen LogP contribution in [0, 0.1) is 18.7 Å². The van der Waals surface area contributed by atoms with Crippen LogP contribution in [0.5, 0.6) is 0 Å². The van der Waals surface area contributed by atoms with Crippen molar-refractivity contribution < 1.29 is 9.18 Å². The van der Waals surface area contributed by atoms with Crippen LogP contribution in [0.3, 0.4) is 0 Å². The standard InChI is InChI=1S/C25H23FN4O/c1-15-4-3-5-17(12-15)24-23(27)16(2)25(31)29(24)21-10-11-22-18(13-21)14-28-30(22)20-8-6-19(26)7-9-20/h3-14,16,23-24H,27H2,1-2H3/t16-,23-,24+/m0/s1. The van der Waals surface area contributed by atoms with Gasteiger partial charge < -0.3 is 10.6 Å². The number of aryl methyl sites for hydroxylation is 1. The fourth-order valence-electron chi connectivity index (χ4n) is 4.44. The normalized spacial score (nSPS) is 21.2. The second-order valence-corrected chi connectivity index (χ2v) is 8.21. The Morgan fingerprint density at radius 2 is 1.74 bits per heavy atom. The van der Waals surface area contributed by atoms with Crippen LogP contribution in [0.25, 0.3) is 16.6 Å². The number of rotatable bonds is 3. The SMILES string of the molecule is Cc1cccc([C@@H]2[C@@H](N)[C@H](C)C(=O)N2c2ccc3c(cnn3-c3ccc(F)cc3)c2)c1. The van der Waals surface area contributed by atoms with E-state index in [0.717, 1.165) is 33.4 Å². The molecule has 5 rings (SSSR count). The minimum atomic E-state index is -0.299. The molecule has 4 aromatic rings. The van der Waals surface area contributed by atoms with Gasteiger partial charge in [-0.15, -0.1) is 0 Å². The minimum absolute atomic E-state index is 0.0179. The van der Waals surface area contributed by atoms with Crippen LogP contribution in [0.4, 0.5) is 10.1 Å². The van der Waals surface area contributed by atoms with Gasteiger partial charge in [0.15, 0.2) is 0 Å². The highest BCUT2D eigenvalue weighted by Gasteiger charge is 2.45. The molecule has 2 N–H and O–H groups in total. The predicted molar refractivity (Wildman–Crippen MR) is 120 cm³/mol. The molecule has 0 radical (unpaired) electrons. The maximum absolute atomic E-state index is 13.3. The molecule has 0 saturated carbocycles. The first-order valence-corrected chi connectivity index (χ1v) is 10.3. The van der Waals surface area contributed by atoms with Gasteiger partial charge in [-0.25, -0.2) is 9.07 Å². The van der Waals surface area contributed by atoms with Crippen molar-refractivity contribution in [2.24, 2.45) is 11.7 Å². The van der Waals surface area contributed by atoms with Crippen molar-refractivity contribution in [3.8, 4) is 5.69 Å². The van der Waals surface area contributed by atoms with Crippen LogP contribution in [0.15, 0.2) is 72.9 Å². The van der Waals surface area contributed by atoms with Gasteiger partial charge in [0, 0.05) is 17.1 Å². The summed E-state index contributed by atoms with van der Waals surface area (Å²) >= 11 is 0. The molecule has 2 heterocycles. The Balaban J connectivity index is 1.58. The Labute approximate surface area is 179 Å². The van der Waals surface area contributed by atoms with E-state index in [9.17, 15) is 9.18 Å². The number of carbonyl (C=O) groups is 1. The van der Waals surface area contributed by atoms with Gasteiger partial charge in [0.2, 0.25) is 5.91 Å². The molecule has 1 aromatic heterocycles. The minimum Gasteiger partial charge on any atom is -0.325 e. The molecule has 0 aliphatic carbocycles. The molecule has 6 heteroatoms. The first kappa shape index (κ1) is 19.5. The van der Waals surface area contributed by atoms with Crippen LogP contribution in [0.2, 0.25) is 0 Å². The van der Waals surface area contributed by atoms with Crippen molar-refractivity contribution in [2.45, 2.75) is 25.9 Å². The highest BCUT2D eigenvalue weighted by molar-refractivity contribution is 6.00. The molecule has 5 nitrogen and oxygen atoms in total. The van der Waals surface area contributed by atoms with Gasteiger partial charge >= 0.3 is 0 Å². The molecule has 1 aliphatic heterocycles. The summed E-state index contributed by atoms with van der Waals surface area (Å²) in [5, 5.41) is 5.36. The van der Waals surface area contributed by atoms with E-state index in [0.29, 0.717) is 0 Å². The lowest BCUT2D eigenvalue weighted by atomic mass is 9.94. The van der Waals surface area contributed by atoms with Crippen molar-refractivity contribution in [3.05, 3.63) is 89.9 Å². The van der Waals surface area contributed by atoms with Gasteiger partial charge in [0.25, 0.3) is 0 Å². The number of halogens is 1. The fraction of sp³-hybridized carbons (Fsp3) is 0.200. The summed E-state index contributed by atoms with van der Waals surface area (Å²) < 4.78 is 15.1. The molecular formula is C25H23FN4O. The summed E-state index contributed by atoms with van der Waals surface area (Å²) in [6.07, 6.45) is 1.76. The van der Waals surface area contributed by atoms with E-state index < -0.39 is 0 Å². The number of amides is 1. The fourth-order valence-corrected chi connectivity index (χ4v) is 4.44. The molecule has 3 atom stereocenters.